The van der Waals surface area contributed by atoms with Crippen LogP contribution < -0.4 is 21.1 Å². The van der Waals surface area contributed by atoms with Gasteiger partial charge in [0.2, 0.25) is 0 Å². The van der Waals surface area contributed by atoms with E-state index in [1.165, 1.54) is 43.6 Å². The highest BCUT2D eigenvalue weighted by Crippen LogP contribution is 2.29. The van der Waals surface area contributed by atoms with Gasteiger partial charge in [-0.2, -0.15) is 0 Å². The number of hydrogen-bond donors (Lipinski definition) is 2. The maximum absolute atomic E-state index is 4.04. The summed E-state index contributed by atoms with van der Waals surface area (Å²) in [5.74, 6) is 0. The Hall–Kier alpha value is -2.93. The number of likely N-dealkylation sites (N-methyl/N-ethyl adjacent to an activating group) is 1. The number of quaternary nitrogens is 1. The van der Waals surface area contributed by atoms with E-state index in [2.05, 4.69) is 164 Å². The number of halogens is 1. The standard InChI is InChI=1S/C37H41IN3/c1-4-9-30-18-19-33(24-35(30)38)39-36-25-34(22-26-14-16-28-10-5-7-12-31(28)20-26)41(2,3)37(40-36)23-27-15-17-29-11-6-8-13-32(29)21-27/h5-13,15-22,24,34-37,39-40H,4,14,23,25H2,1-3H3/q+1/b26-22?,30-9-. The van der Waals surface area contributed by atoms with Crippen molar-refractivity contribution >= 4 is 45.5 Å². The molecule has 4 heteroatoms. The van der Waals surface area contributed by atoms with Gasteiger partial charge in [-0.15, -0.1) is 0 Å². The van der Waals surface area contributed by atoms with E-state index in [1.807, 2.05) is 0 Å². The van der Waals surface area contributed by atoms with Crippen LogP contribution >= 0.6 is 22.6 Å². The Morgan fingerprint density at radius 3 is 2.56 bits per heavy atom. The summed E-state index contributed by atoms with van der Waals surface area (Å²) in [6.07, 6.45) is 21.1. The minimum absolute atomic E-state index is 0.185. The highest BCUT2D eigenvalue weighted by molar-refractivity contribution is 14.1. The van der Waals surface area contributed by atoms with E-state index < -0.39 is 0 Å². The summed E-state index contributed by atoms with van der Waals surface area (Å²) in [7, 11) is 4.80. The first kappa shape index (κ1) is 28.2. The lowest BCUT2D eigenvalue weighted by Crippen LogP contribution is -2.70. The number of benzene rings is 3. The number of allylic oxidation sites excluding steroid dienone is 6. The van der Waals surface area contributed by atoms with Crippen molar-refractivity contribution in [2.45, 2.75) is 54.9 Å². The lowest BCUT2D eigenvalue weighted by Gasteiger charge is -2.50. The van der Waals surface area contributed by atoms with E-state index >= 15 is 0 Å². The molecule has 3 nitrogen and oxygen atoms in total. The summed E-state index contributed by atoms with van der Waals surface area (Å²) in [6, 6.07) is 24.7. The second kappa shape index (κ2) is 12.1. The molecule has 4 atom stereocenters. The van der Waals surface area contributed by atoms with Crippen molar-refractivity contribution in [3.05, 3.63) is 130 Å². The summed E-state index contributed by atoms with van der Waals surface area (Å²) in [5, 5.41) is 13.2. The Labute approximate surface area is 258 Å². The zero-order valence-electron chi connectivity index (χ0n) is 24.4. The molecule has 0 saturated carbocycles. The van der Waals surface area contributed by atoms with Crippen LogP contribution in [0, 0.1) is 0 Å². The minimum atomic E-state index is 0.185. The van der Waals surface area contributed by atoms with Gasteiger partial charge in [0, 0.05) is 18.5 Å². The van der Waals surface area contributed by atoms with Crippen molar-refractivity contribution < 1.29 is 4.48 Å². The van der Waals surface area contributed by atoms with Crippen LogP contribution in [0.25, 0.3) is 22.9 Å². The van der Waals surface area contributed by atoms with Gasteiger partial charge in [0.05, 0.1) is 24.2 Å². The molecule has 0 aromatic heterocycles. The molecule has 6 rings (SSSR count). The highest BCUT2D eigenvalue weighted by atomic mass is 127. The van der Waals surface area contributed by atoms with Crippen molar-refractivity contribution in [2.75, 3.05) is 14.1 Å². The van der Waals surface area contributed by atoms with Crippen LogP contribution in [0.4, 0.5) is 0 Å². The number of alkyl halides is 1. The second-order valence-electron chi connectivity index (χ2n) is 12.1. The van der Waals surface area contributed by atoms with Gasteiger partial charge in [-0.3, -0.25) is 0 Å². The third kappa shape index (κ3) is 6.30. The van der Waals surface area contributed by atoms with Gasteiger partial charge in [-0.1, -0.05) is 121 Å². The molecule has 1 heterocycles. The third-order valence-corrected chi connectivity index (χ3v) is 10.0. The molecule has 3 aromatic rings. The Bertz CT molecular complexity index is 1680. The van der Waals surface area contributed by atoms with E-state index in [9.17, 15) is 0 Å². The van der Waals surface area contributed by atoms with Crippen molar-refractivity contribution in [1.82, 2.24) is 10.6 Å². The first-order valence-corrected chi connectivity index (χ1v) is 16.2. The number of fused-ring (bicyclic) bond motifs is 2. The highest BCUT2D eigenvalue weighted by Gasteiger charge is 2.43. The molecule has 0 radical (unpaired) electrons. The van der Waals surface area contributed by atoms with Gasteiger partial charge < -0.3 is 9.80 Å². The van der Waals surface area contributed by atoms with Crippen molar-refractivity contribution in [1.29, 1.82) is 0 Å². The van der Waals surface area contributed by atoms with Gasteiger partial charge >= 0.3 is 0 Å². The van der Waals surface area contributed by atoms with Crippen LogP contribution in [0.5, 0.6) is 0 Å². The smallest absolute Gasteiger partial charge is 0.148 e. The molecule has 4 unspecified atom stereocenters. The van der Waals surface area contributed by atoms with E-state index in [0.29, 0.717) is 9.97 Å². The van der Waals surface area contributed by atoms with Crippen LogP contribution in [0.15, 0.2) is 114 Å². The molecule has 3 aromatic carbocycles. The average molecular weight is 655 g/mol. The fourth-order valence-electron chi connectivity index (χ4n) is 6.46. The van der Waals surface area contributed by atoms with E-state index in [1.54, 1.807) is 0 Å². The summed E-state index contributed by atoms with van der Waals surface area (Å²) < 4.78 is 1.30. The van der Waals surface area contributed by atoms with Crippen LogP contribution in [0.2, 0.25) is 0 Å². The molecular weight excluding hydrogens is 613 g/mol. The molecule has 0 spiro atoms. The van der Waals surface area contributed by atoms with Crippen molar-refractivity contribution in [3.8, 4) is 0 Å². The molecule has 41 heavy (non-hydrogen) atoms. The molecule has 3 aliphatic rings. The van der Waals surface area contributed by atoms with Crippen LogP contribution in [0.3, 0.4) is 0 Å². The molecule has 1 saturated heterocycles. The van der Waals surface area contributed by atoms with Gasteiger partial charge in [-0.25, -0.2) is 5.32 Å². The van der Waals surface area contributed by atoms with Crippen LogP contribution in [-0.4, -0.2) is 40.9 Å². The Morgan fingerprint density at radius 2 is 1.76 bits per heavy atom. The zero-order valence-corrected chi connectivity index (χ0v) is 26.5. The molecule has 210 valence electrons. The fourth-order valence-corrected chi connectivity index (χ4v) is 7.31. The maximum atomic E-state index is 4.04. The molecular formula is C37H41IN3+. The summed E-state index contributed by atoms with van der Waals surface area (Å²) in [6.45, 7) is 2.21. The first-order valence-electron chi connectivity index (χ1n) is 14.9. The molecule has 0 bridgehead atoms. The molecule has 2 aliphatic carbocycles. The van der Waals surface area contributed by atoms with E-state index in [0.717, 1.165) is 30.2 Å². The second-order valence-corrected chi connectivity index (χ2v) is 13.4. The SMILES string of the molecule is CC/C=C1/C=CC(NC2CC(C=C3C=c4ccccc4=CC3)[N+](C)(C)C(Cc3ccc4ccccc4c3)N2)=CC1I. The lowest BCUT2D eigenvalue weighted by atomic mass is 9.93. The summed E-state index contributed by atoms with van der Waals surface area (Å²) in [4.78, 5) is 0. The zero-order chi connectivity index (χ0) is 28.4. The lowest BCUT2D eigenvalue weighted by molar-refractivity contribution is -0.941. The molecule has 1 aliphatic heterocycles. The Kier molecular flexibility index (Phi) is 8.34. The summed E-state index contributed by atoms with van der Waals surface area (Å²) >= 11 is 2.55. The fraction of sp³-hybridized carbons (Fsp3) is 0.297. The van der Waals surface area contributed by atoms with Crippen molar-refractivity contribution in [3.63, 3.8) is 0 Å². The Balaban J connectivity index is 1.30. The summed E-state index contributed by atoms with van der Waals surface area (Å²) in [5.41, 5.74) is 5.41. The number of rotatable bonds is 6. The third-order valence-electron chi connectivity index (χ3n) is 8.95. The number of nitrogens with one attached hydrogen (secondary N) is 2. The van der Waals surface area contributed by atoms with Gasteiger partial charge in [0.1, 0.15) is 12.2 Å². The quantitative estimate of drug-likeness (QED) is 0.187. The van der Waals surface area contributed by atoms with Crippen molar-refractivity contribution in [2.24, 2.45) is 0 Å². The van der Waals surface area contributed by atoms with Gasteiger partial charge in [0.25, 0.3) is 0 Å². The van der Waals surface area contributed by atoms with E-state index in [4.69, 9.17) is 0 Å². The van der Waals surface area contributed by atoms with Gasteiger partial charge in [0.15, 0.2) is 0 Å². The maximum Gasteiger partial charge on any atom is 0.148 e. The number of hydrogen-bond acceptors (Lipinski definition) is 2. The molecule has 1 fully saturated rings. The van der Waals surface area contributed by atoms with E-state index in [-0.39, 0.29) is 12.3 Å². The largest absolute Gasteiger partial charge is 0.370 e. The normalized spacial score (nSPS) is 27.2. The monoisotopic (exact) mass is 654 g/mol. The minimum Gasteiger partial charge on any atom is -0.370 e. The Morgan fingerprint density at radius 1 is 0.976 bits per heavy atom. The first-order chi connectivity index (χ1) is 19.9. The predicted octanol–water partition coefficient (Wildman–Crippen LogP) is 6.25. The average Bonchev–Trinajstić information content (AvgIpc) is 2.97. The predicted molar refractivity (Wildman–Crippen MR) is 183 cm³/mol. The topological polar surface area (TPSA) is 24.1 Å². The van der Waals surface area contributed by atoms with Crippen LogP contribution in [0.1, 0.15) is 31.7 Å². The molecule has 2 N–H and O–H groups in total. The van der Waals surface area contributed by atoms with Crippen LogP contribution in [-0.2, 0) is 6.42 Å². The molecule has 0 amide bonds. The number of nitrogens with zero attached hydrogens (tertiary/aromatic N) is 1. The van der Waals surface area contributed by atoms with Gasteiger partial charge in [-0.05, 0) is 69.0 Å².